The summed E-state index contributed by atoms with van der Waals surface area (Å²) in [5, 5.41) is 13.2. The zero-order valence-electron chi connectivity index (χ0n) is 9.35. The molecule has 1 aromatic rings. The first kappa shape index (κ1) is 12.4. The van der Waals surface area contributed by atoms with Crippen molar-refractivity contribution >= 4 is 11.4 Å². The Hall–Kier alpha value is -1.72. The molecule has 0 atom stereocenters. The summed E-state index contributed by atoms with van der Waals surface area (Å²) < 4.78 is 0. The molecule has 0 spiro atoms. The number of hydrogen-bond acceptors (Lipinski definition) is 5. The van der Waals surface area contributed by atoms with Crippen molar-refractivity contribution < 1.29 is 5.11 Å². The monoisotopic (exact) mass is 222 g/mol. The second-order valence-corrected chi connectivity index (χ2v) is 3.38. The molecule has 88 valence electrons. The van der Waals surface area contributed by atoms with Crippen LogP contribution < -0.4 is 21.9 Å². The van der Waals surface area contributed by atoms with Gasteiger partial charge in [-0.25, -0.2) is 5.84 Å². The van der Waals surface area contributed by atoms with Gasteiger partial charge in [0.25, 0.3) is 0 Å². The van der Waals surface area contributed by atoms with Crippen molar-refractivity contribution in [3.63, 3.8) is 0 Å². The van der Waals surface area contributed by atoms with E-state index in [0.29, 0.717) is 12.1 Å². The van der Waals surface area contributed by atoms with Crippen molar-refractivity contribution in [2.75, 3.05) is 24.0 Å². The normalized spacial score (nSPS) is 11.3. The average molecular weight is 222 g/mol. The molecule has 0 amide bonds. The van der Waals surface area contributed by atoms with E-state index >= 15 is 0 Å². The summed E-state index contributed by atoms with van der Waals surface area (Å²) in [6.07, 6.45) is 2.02. The Balaban J connectivity index is 2.72. The van der Waals surface area contributed by atoms with E-state index in [-0.39, 0.29) is 6.61 Å². The Morgan fingerprint density at radius 2 is 2.06 bits per heavy atom. The summed E-state index contributed by atoms with van der Waals surface area (Å²) >= 11 is 0. The van der Waals surface area contributed by atoms with Crippen LogP contribution in [0, 0.1) is 0 Å². The maximum absolute atomic E-state index is 8.70. The lowest BCUT2D eigenvalue weighted by Crippen LogP contribution is -2.26. The first-order valence-electron chi connectivity index (χ1n) is 5.06. The number of anilines is 2. The zero-order chi connectivity index (χ0) is 12.0. The van der Waals surface area contributed by atoms with Crippen LogP contribution in [0.3, 0.4) is 0 Å². The van der Waals surface area contributed by atoms with Crippen LogP contribution in [0.15, 0.2) is 36.2 Å². The highest BCUT2D eigenvalue weighted by Gasteiger charge is 1.99. The number of benzene rings is 1. The van der Waals surface area contributed by atoms with Gasteiger partial charge >= 0.3 is 0 Å². The van der Waals surface area contributed by atoms with Crippen LogP contribution in [0.4, 0.5) is 11.4 Å². The average Bonchev–Trinajstić information content (AvgIpc) is 2.29. The maximum Gasteiger partial charge on any atom is 0.0570 e. The fraction of sp³-hybridized carbons (Fsp3) is 0.273. The van der Waals surface area contributed by atoms with Gasteiger partial charge in [-0.1, -0.05) is 0 Å². The quantitative estimate of drug-likeness (QED) is 0.432. The Labute approximate surface area is 95.3 Å². The number of aliphatic hydroxyl groups excluding tert-OH is 1. The molecule has 16 heavy (non-hydrogen) atoms. The van der Waals surface area contributed by atoms with E-state index in [1.807, 2.05) is 31.3 Å². The van der Waals surface area contributed by atoms with E-state index in [0.717, 1.165) is 11.4 Å². The van der Waals surface area contributed by atoms with Crippen molar-refractivity contribution in [1.82, 2.24) is 0 Å². The lowest BCUT2D eigenvalue weighted by Gasteiger charge is -2.15. The molecule has 0 saturated carbocycles. The van der Waals surface area contributed by atoms with Crippen LogP contribution in [-0.2, 0) is 0 Å². The first-order chi connectivity index (χ1) is 7.67. The van der Waals surface area contributed by atoms with Gasteiger partial charge in [0, 0.05) is 37.7 Å². The van der Waals surface area contributed by atoms with Gasteiger partial charge in [0.1, 0.15) is 0 Å². The minimum Gasteiger partial charge on any atom is -0.401 e. The molecule has 0 fully saturated rings. The van der Waals surface area contributed by atoms with Crippen molar-refractivity contribution in [1.29, 1.82) is 0 Å². The van der Waals surface area contributed by atoms with Crippen LogP contribution in [0.25, 0.3) is 0 Å². The smallest absolute Gasteiger partial charge is 0.0570 e. The summed E-state index contributed by atoms with van der Waals surface area (Å²) in [7, 11) is 1.86. The van der Waals surface area contributed by atoms with Gasteiger partial charge < -0.3 is 16.2 Å². The summed E-state index contributed by atoms with van der Waals surface area (Å²) in [6, 6.07) is 7.61. The fourth-order valence-electron chi connectivity index (χ4n) is 1.25. The molecular formula is C11H18N4O. The van der Waals surface area contributed by atoms with Gasteiger partial charge in [-0.05, 0) is 24.3 Å². The minimum absolute atomic E-state index is 0.0227. The van der Waals surface area contributed by atoms with Crippen molar-refractivity contribution in [3.05, 3.63) is 36.2 Å². The Kier molecular flexibility index (Phi) is 4.63. The van der Waals surface area contributed by atoms with Crippen LogP contribution in [0.2, 0.25) is 0 Å². The van der Waals surface area contributed by atoms with Gasteiger partial charge in [-0.3, -0.25) is 5.01 Å². The number of hydrogen-bond donors (Lipinski definition) is 4. The molecule has 0 aliphatic heterocycles. The van der Waals surface area contributed by atoms with Crippen molar-refractivity contribution in [3.8, 4) is 0 Å². The Morgan fingerprint density at radius 3 is 2.56 bits per heavy atom. The van der Waals surface area contributed by atoms with Crippen molar-refractivity contribution in [2.24, 2.45) is 11.6 Å². The fourth-order valence-corrected chi connectivity index (χ4v) is 1.25. The zero-order valence-corrected chi connectivity index (χ0v) is 9.35. The molecule has 0 bridgehead atoms. The van der Waals surface area contributed by atoms with Crippen molar-refractivity contribution in [2.45, 2.75) is 6.42 Å². The lowest BCUT2D eigenvalue weighted by molar-refractivity contribution is 0.298. The summed E-state index contributed by atoms with van der Waals surface area (Å²) in [5.41, 5.74) is 8.04. The predicted octanol–water partition coefficient (Wildman–Crippen LogP) is 0.591. The molecule has 0 aliphatic carbocycles. The van der Waals surface area contributed by atoms with E-state index in [4.69, 9.17) is 16.7 Å². The third-order valence-corrected chi connectivity index (χ3v) is 2.16. The highest BCUT2D eigenvalue weighted by Crippen LogP contribution is 2.15. The van der Waals surface area contributed by atoms with Gasteiger partial charge in [0.15, 0.2) is 0 Å². The van der Waals surface area contributed by atoms with E-state index in [9.17, 15) is 0 Å². The van der Waals surface area contributed by atoms with E-state index in [1.165, 1.54) is 5.01 Å². The van der Waals surface area contributed by atoms with Crippen LogP contribution in [0.1, 0.15) is 6.42 Å². The van der Waals surface area contributed by atoms with Gasteiger partial charge in [-0.2, -0.15) is 0 Å². The van der Waals surface area contributed by atoms with Crippen LogP contribution >= 0.6 is 0 Å². The van der Waals surface area contributed by atoms with Gasteiger partial charge in [0.05, 0.1) is 5.69 Å². The van der Waals surface area contributed by atoms with E-state index < -0.39 is 0 Å². The van der Waals surface area contributed by atoms with E-state index in [2.05, 4.69) is 5.32 Å². The maximum atomic E-state index is 8.70. The first-order valence-corrected chi connectivity index (χ1v) is 5.06. The molecule has 5 heteroatoms. The lowest BCUT2D eigenvalue weighted by atomic mass is 10.2. The number of nitrogens with two attached hydrogens (primary N) is 2. The highest BCUT2D eigenvalue weighted by molar-refractivity contribution is 5.55. The van der Waals surface area contributed by atoms with Gasteiger partial charge in [-0.15, -0.1) is 0 Å². The number of aliphatic hydroxyl groups is 1. The Bertz CT molecular complexity index is 348. The molecule has 5 nitrogen and oxygen atoms in total. The highest BCUT2D eigenvalue weighted by atomic mass is 16.3. The van der Waals surface area contributed by atoms with Crippen LogP contribution in [0.5, 0.6) is 0 Å². The molecule has 1 aromatic carbocycles. The molecular weight excluding hydrogens is 204 g/mol. The molecule has 0 aliphatic rings. The largest absolute Gasteiger partial charge is 0.401 e. The SMILES string of the molecule is CNc1ccc(N(N)/C=C(\N)CCO)cc1. The second-order valence-electron chi connectivity index (χ2n) is 3.38. The second kappa shape index (κ2) is 5.99. The molecule has 0 radical (unpaired) electrons. The molecule has 0 heterocycles. The molecule has 0 saturated heterocycles. The Morgan fingerprint density at radius 1 is 1.44 bits per heavy atom. The number of rotatable bonds is 5. The number of nitrogens with zero attached hydrogens (tertiary/aromatic N) is 1. The molecule has 0 unspecified atom stereocenters. The predicted molar refractivity (Wildman–Crippen MR) is 66.6 cm³/mol. The summed E-state index contributed by atoms with van der Waals surface area (Å²) in [5.74, 6) is 5.79. The topological polar surface area (TPSA) is 87.5 Å². The molecule has 1 rings (SSSR count). The number of nitrogens with one attached hydrogen (secondary N) is 1. The minimum atomic E-state index is 0.0227. The van der Waals surface area contributed by atoms with Crippen LogP contribution in [-0.4, -0.2) is 18.8 Å². The molecule has 6 N–H and O–H groups in total. The summed E-state index contributed by atoms with van der Waals surface area (Å²) in [4.78, 5) is 0. The standard InChI is InChI=1S/C11H18N4O/c1-14-10-2-4-11(5-3-10)15(13)8-9(12)6-7-16/h2-5,8,14,16H,6-7,12-13H2,1H3/b9-8-. The number of hydrazine groups is 1. The van der Waals surface area contributed by atoms with Gasteiger partial charge in [0.2, 0.25) is 0 Å². The third-order valence-electron chi connectivity index (χ3n) is 2.16. The third kappa shape index (κ3) is 3.45. The summed E-state index contributed by atoms with van der Waals surface area (Å²) in [6.45, 7) is 0.0227. The molecule has 0 aromatic heterocycles. The van der Waals surface area contributed by atoms with E-state index in [1.54, 1.807) is 6.20 Å².